The van der Waals surface area contributed by atoms with Crippen molar-refractivity contribution in [1.29, 1.82) is 0 Å². The standard InChI is InChI=1S/C22H29BrN2O/c1-21-9-7-15(26)11-14(21)3-4-16-17-5-6-19(25-12-20(23)24-13-25)22(17,2)10-8-18(16)21/h3,6,12-13,15-18,26H,4-5,7-11H2,1-2H3/t15-,16?,17?,18?,21-,22-/m0/s1. The lowest BCUT2D eigenvalue weighted by Gasteiger charge is -2.57. The molecule has 0 spiro atoms. The van der Waals surface area contributed by atoms with Gasteiger partial charge in [0, 0.05) is 17.3 Å². The lowest BCUT2D eigenvalue weighted by molar-refractivity contribution is -0.0249. The van der Waals surface area contributed by atoms with Crippen LogP contribution < -0.4 is 0 Å². The van der Waals surface area contributed by atoms with Gasteiger partial charge in [-0.3, -0.25) is 0 Å². The van der Waals surface area contributed by atoms with Crippen molar-refractivity contribution in [2.45, 2.75) is 64.9 Å². The minimum atomic E-state index is -0.112. The molecule has 4 aliphatic carbocycles. The Labute approximate surface area is 164 Å². The van der Waals surface area contributed by atoms with E-state index in [2.05, 4.69) is 57.7 Å². The molecule has 1 aromatic heterocycles. The fourth-order valence-corrected chi connectivity index (χ4v) is 7.33. The molecule has 1 heterocycles. The third-order valence-electron chi connectivity index (χ3n) is 8.45. The van der Waals surface area contributed by atoms with Crippen molar-refractivity contribution in [3.8, 4) is 0 Å². The molecule has 3 unspecified atom stereocenters. The first-order chi connectivity index (χ1) is 12.4. The Bertz CT molecular complexity index is 796. The van der Waals surface area contributed by atoms with Gasteiger partial charge in [0.05, 0.1) is 6.10 Å². The van der Waals surface area contributed by atoms with Gasteiger partial charge >= 0.3 is 0 Å². The molecule has 0 aliphatic heterocycles. The van der Waals surface area contributed by atoms with Crippen LogP contribution in [0.15, 0.2) is 34.9 Å². The SMILES string of the molecule is C[C@]12CC[C@H](O)CC1=CCC1C2CC[C@]2(C)C(n3cnc(Br)c3)=CCC12. The Balaban J connectivity index is 1.47. The highest BCUT2D eigenvalue weighted by atomic mass is 79.9. The number of aliphatic hydroxyl groups is 1. The lowest BCUT2D eigenvalue weighted by Crippen LogP contribution is -2.50. The molecule has 0 aromatic carbocycles. The molecule has 0 radical (unpaired) electrons. The topological polar surface area (TPSA) is 38.0 Å². The molecule has 2 saturated carbocycles. The van der Waals surface area contributed by atoms with Gasteiger partial charge in [0.1, 0.15) is 10.9 Å². The second kappa shape index (κ2) is 5.81. The average molecular weight is 417 g/mol. The number of nitrogens with zero attached hydrogens (tertiary/aromatic N) is 2. The maximum atomic E-state index is 10.2. The molecule has 0 saturated heterocycles. The van der Waals surface area contributed by atoms with E-state index in [0.29, 0.717) is 5.41 Å². The van der Waals surface area contributed by atoms with Crippen LogP contribution >= 0.6 is 15.9 Å². The van der Waals surface area contributed by atoms with E-state index in [-0.39, 0.29) is 11.5 Å². The van der Waals surface area contributed by atoms with Crippen molar-refractivity contribution in [1.82, 2.24) is 9.55 Å². The third-order valence-corrected chi connectivity index (χ3v) is 8.86. The van der Waals surface area contributed by atoms with E-state index in [9.17, 15) is 5.11 Å². The minimum absolute atomic E-state index is 0.112. The summed E-state index contributed by atoms with van der Waals surface area (Å²) in [5.74, 6) is 2.30. The summed E-state index contributed by atoms with van der Waals surface area (Å²) in [5.41, 5.74) is 3.60. The number of imidazole rings is 1. The smallest absolute Gasteiger partial charge is 0.124 e. The predicted molar refractivity (Wildman–Crippen MR) is 107 cm³/mol. The highest BCUT2D eigenvalue weighted by molar-refractivity contribution is 9.10. The number of aliphatic hydroxyl groups excluding tert-OH is 1. The Morgan fingerprint density at radius 2 is 1.92 bits per heavy atom. The van der Waals surface area contributed by atoms with Crippen molar-refractivity contribution < 1.29 is 5.11 Å². The van der Waals surface area contributed by atoms with Crippen LogP contribution in [0.2, 0.25) is 0 Å². The molecule has 140 valence electrons. The second-order valence-corrected chi connectivity index (χ2v) is 10.4. The largest absolute Gasteiger partial charge is 0.393 e. The van der Waals surface area contributed by atoms with Crippen LogP contribution in [0.3, 0.4) is 0 Å². The fraction of sp³-hybridized carbons (Fsp3) is 0.682. The molecule has 1 aromatic rings. The van der Waals surface area contributed by atoms with Gasteiger partial charge in [-0.2, -0.15) is 0 Å². The number of rotatable bonds is 1. The first-order valence-electron chi connectivity index (χ1n) is 10.2. The van der Waals surface area contributed by atoms with Gasteiger partial charge in [-0.05, 0) is 84.0 Å². The van der Waals surface area contributed by atoms with Gasteiger partial charge in [-0.1, -0.05) is 31.6 Å². The van der Waals surface area contributed by atoms with E-state index >= 15 is 0 Å². The van der Waals surface area contributed by atoms with Crippen LogP contribution in [0, 0.1) is 28.6 Å². The molecule has 0 bridgehead atoms. The first kappa shape index (κ1) is 17.2. The molecule has 6 atom stereocenters. The second-order valence-electron chi connectivity index (χ2n) is 9.54. The van der Waals surface area contributed by atoms with Crippen LogP contribution in [-0.4, -0.2) is 20.8 Å². The van der Waals surface area contributed by atoms with E-state index in [1.165, 1.54) is 37.8 Å². The summed E-state index contributed by atoms with van der Waals surface area (Å²) in [5, 5.41) is 10.2. The maximum Gasteiger partial charge on any atom is 0.124 e. The Kier molecular flexibility index (Phi) is 3.85. The number of hydrogen-bond donors (Lipinski definition) is 1. The molecular formula is C22H29BrN2O. The van der Waals surface area contributed by atoms with Gasteiger partial charge in [0.25, 0.3) is 0 Å². The zero-order chi connectivity index (χ0) is 18.1. The molecule has 1 N–H and O–H groups in total. The molecule has 3 nitrogen and oxygen atoms in total. The molecular weight excluding hydrogens is 388 g/mol. The highest BCUT2D eigenvalue weighted by Crippen LogP contribution is 2.65. The van der Waals surface area contributed by atoms with Crippen molar-refractivity contribution in [3.05, 3.63) is 34.9 Å². The molecule has 26 heavy (non-hydrogen) atoms. The quantitative estimate of drug-likeness (QED) is 0.620. The number of allylic oxidation sites excluding steroid dienone is 3. The van der Waals surface area contributed by atoms with Gasteiger partial charge in [0.2, 0.25) is 0 Å². The van der Waals surface area contributed by atoms with Crippen molar-refractivity contribution in [3.63, 3.8) is 0 Å². The summed E-state index contributed by atoms with van der Waals surface area (Å²) < 4.78 is 3.16. The average Bonchev–Trinajstić information content (AvgIpc) is 3.18. The summed E-state index contributed by atoms with van der Waals surface area (Å²) >= 11 is 3.50. The molecule has 0 amide bonds. The lowest BCUT2D eigenvalue weighted by atomic mass is 9.48. The van der Waals surface area contributed by atoms with Crippen LogP contribution in [0.5, 0.6) is 0 Å². The third kappa shape index (κ3) is 2.30. The number of aromatic nitrogens is 2. The molecule has 2 fully saturated rings. The Hall–Kier alpha value is -0.870. The monoisotopic (exact) mass is 416 g/mol. The zero-order valence-corrected chi connectivity index (χ0v) is 17.4. The summed E-state index contributed by atoms with van der Waals surface area (Å²) in [6.07, 6.45) is 17.0. The molecule has 5 rings (SSSR count). The van der Waals surface area contributed by atoms with Gasteiger partial charge < -0.3 is 9.67 Å². The summed E-state index contributed by atoms with van der Waals surface area (Å²) in [6, 6.07) is 0. The maximum absolute atomic E-state index is 10.2. The van der Waals surface area contributed by atoms with Gasteiger partial charge in [-0.25, -0.2) is 4.98 Å². The summed E-state index contributed by atoms with van der Waals surface area (Å²) in [4.78, 5) is 4.39. The van der Waals surface area contributed by atoms with Crippen LogP contribution in [0.4, 0.5) is 0 Å². The zero-order valence-electron chi connectivity index (χ0n) is 15.8. The van der Waals surface area contributed by atoms with E-state index in [0.717, 1.165) is 35.2 Å². The van der Waals surface area contributed by atoms with Crippen LogP contribution in [0.25, 0.3) is 5.70 Å². The molecule has 4 heteroatoms. The Morgan fingerprint density at radius 1 is 1.12 bits per heavy atom. The van der Waals surface area contributed by atoms with E-state index in [4.69, 9.17) is 0 Å². The van der Waals surface area contributed by atoms with E-state index < -0.39 is 0 Å². The summed E-state index contributed by atoms with van der Waals surface area (Å²) in [6.45, 7) is 4.99. The van der Waals surface area contributed by atoms with Crippen LogP contribution in [0.1, 0.15) is 58.8 Å². The normalized spacial score (nSPS) is 44.6. The van der Waals surface area contributed by atoms with Crippen molar-refractivity contribution in [2.24, 2.45) is 28.6 Å². The Morgan fingerprint density at radius 3 is 2.69 bits per heavy atom. The van der Waals surface area contributed by atoms with Crippen LogP contribution in [-0.2, 0) is 0 Å². The highest BCUT2D eigenvalue weighted by Gasteiger charge is 2.57. The predicted octanol–water partition coefficient (Wildman–Crippen LogP) is 5.42. The van der Waals surface area contributed by atoms with Gasteiger partial charge in [0.15, 0.2) is 0 Å². The van der Waals surface area contributed by atoms with E-state index in [1.807, 2.05) is 6.33 Å². The van der Waals surface area contributed by atoms with Gasteiger partial charge in [-0.15, -0.1) is 0 Å². The minimum Gasteiger partial charge on any atom is -0.393 e. The van der Waals surface area contributed by atoms with Crippen molar-refractivity contribution in [2.75, 3.05) is 0 Å². The first-order valence-corrected chi connectivity index (χ1v) is 11.0. The number of halogens is 1. The fourth-order valence-electron chi connectivity index (χ4n) is 7.02. The summed E-state index contributed by atoms with van der Waals surface area (Å²) in [7, 11) is 0. The van der Waals surface area contributed by atoms with E-state index in [1.54, 1.807) is 5.57 Å². The number of fused-ring (bicyclic) bond motifs is 5. The number of hydrogen-bond acceptors (Lipinski definition) is 2. The van der Waals surface area contributed by atoms with Crippen molar-refractivity contribution >= 4 is 21.6 Å². The molecule has 4 aliphatic rings.